The quantitative estimate of drug-likeness (QED) is 0.835. The van der Waals surface area contributed by atoms with E-state index in [4.69, 9.17) is 5.11 Å². The zero-order valence-corrected chi connectivity index (χ0v) is 11.0. The summed E-state index contributed by atoms with van der Waals surface area (Å²) in [6.07, 6.45) is 0. The molecule has 0 heterocycles. The van der Waals surface area contributed by atoms with E-state index in [2.05, 4.69) is 0 Å². The maximum absolute atomic E-state index is 10.6. The molecule has 0 radical (unpaired) electrons. The van der Waals surface area contributed by atoms with Crippen molar-refractivity contribution in [3.05, 3.63) is 71.3 Å². The molecule has 0 fully saturated rings. The summed E-state index contributed by atoms with van der Waals surface area (Å²) in [5.41, 5.74) is 2.09. The second-order valence-corrected chi connectivity index (χ2v) is 4.10. The van der Waals surface area contributed by atoms with E-state index in [1.54, 1.807) is 25.1 Å². The van der Waals surface area contributed by atoms with Crippen molar-refractivity contribution in [1.29, 1.82) is 0 Å². The number of hydrogen-bond donors (Lipinski definition) is 1. The first-order chi connectivity index (χ1) is 9.00. The molecule has 2 rings (SSSR count). The van der Waals surface area contributed by atoms with Gasteiger partial charge < -0.3 is 5.11 Å². The molecule has 0 amide bonds. The van der Waals surface area contributed by atoms with Crippen LogP contribution < -0.4 is 0 Å². The highest BCUT2D eigenvalue weighted by atomic mass is 16.4. The summed E-state index contributed by atoms with van der Waals surface area (Å²) < 4.78 is 0. The Kier molecular flexibility index (Phi) is 5.48. The Morgan fingerprint density at radius 1 is 0.895 bits per heavy atom. The number of carboxylic acids is 1. The predicted molar refractivity (Wildman–Crippen MR) is 74.6 cm³/mol. The molecule has 0 aromatic heterocycles. The van der Waals surface area contributed by atoms with Crippen LogP contribution in [0.2, 0.25) is 0 Å². The van der Waals surface area contributed by atoms with Crippen molar-refractivity contribution in [1.82, 2.24) is 0 Å². The molecule has 0 bridgehead atoms. The third kappa shape index (κ3) is 5.17. The van der Waals surface area contributed by atoms with Crippen LogP contribution in [0.4, 0.5) is 0 Å². The van der Waals surface area contributed by atoms with Gasteiger partial charge in [0.25, 0.3) is 0 Å². The van der Waals surface area contributed by atoms with Gasteiger partial charge in [0, 0.05) is 5.56 Å². The molecule has 0 aliphatic carbocycles. The third-order valence-corrected chi connectivity index (χ3v) is 2.45. The van der Waals surface area contributed by atoms with Crippen LogP contribution in [-0.2, 0) is 0 Å². The fraction of sp³-hybridized carbons (Fsp3) is 0.125. The van der Waals surface area contributed by atoms with Crippen LogP contribution in [0.1, 0.15) is 33.2 Å². The van der Waals surface area contributed by atoms with Gasteiger partial charge in [0.05, 0.1) is 5.56 Å². The molecule has 2 aromatic carbocycles. The van der Waals surface area contributed by atoms with Gasteiger partial charge in [-0.25, -0.2) is 4.79 Å². The number of Topliss-reactive ketones (excluding diaryl/α,β-unsaturated/α-hetero) is 1. The molecule has 0 saturated heterocycles. The Bertz CT molecular complexity index is 559. The van der Waals surface area contributed by atoms with Gasteiger partial charge in [0.2, 0.25) is 0 Å². The van der Waals surface area contributed by atoms with Gasteiger partial charge in [0.1, 0.15) is 0 Å². The summed E-state index contributed by atoms with van der Waals surface area (Å²) in [5.74, 6) is -0.751. The summed E-state index contributed by atoms with van der Waals surface area (Å²) in [6.45, 7) is 3.43. The Morgan fingerprint density at radius 2 is 1.47 bits per heavy atom. The Hall–Kier alpha value is -2.42. The number of hydrogen-bond acceptors (Lipinski definition) is 2. The topological polar surface area (TPSA) is 54.4 Å². The Labute approximate surface area is 112 Å². The van der Waals surface area contributed by atoms with E-state index in [-0.39, 0.29) is 5.78 Å². The van der Waals surface area contributed by atoms with E-state index in [0.717, 1.165) is 11.1 Å². The molecule has 0 unspecified atom stereocenters. The van der Waals surface area contributed by atoms with E-state index in [1.807, 2.05) is 43.3 Å². The maximum Gasteiger partial charge on any atom is 0.335 e. The maximum atomic E-state index is 10.6. The first-order valence-electron chi connectivity index (χ1n) is 5.86. The average molecular weight is 256 g/mol. The lowest BCUT2D eigenvalue weighted by Gasteiger charge is -1.93. The molecule has 0 aliphatic heterocycles. The van der Waals surface area contributed by atoms with Crippen molar-refractivity contribution in [2.45, 2.75) is 13.8 Å². The fourth-order valence-corrected chi connectivity index (χ4v) is 1.45. The highest BCUT2D eigenvalue weighted by Gasteiger charge is 1.99. The van der Waals surface area contributed by atoms with E-state index < -0.39 is 5.97 Å². The fourth-order valence-electron chi connectivity index (χ4n) is 1.45. The average Bonchev–Trinajstić information content (AvgIpc) is 2.40. The lowest BCUT2D eigenvalue weighted by molar-refractivity contribution is 0.0696. The molecular weight excluding hydrogens is 240 g/mol. The molecule has 2 aromatic rings. The summed E-state index contributed by atoms with van der Waals surface area (Å²) in [4.78, 5) is 21.0. The van der Waals surface area contributed by atoms with E-state index >= 15 is 0 Å². The van der Waals surface area contributed by atoms with Crippen LogP contribution in [0.15, 0.2) is 54.6 Å². The third-order valence-electron chi connectivity index (χ3n) is 2.45. The number of rotatable bonds is 2. The zero-order valence-electron chi connectivity index (χ0n) is 11.0. The van der Waals surface area contributed by atoms with Crippen molar-refractivity contribution in [2.24, 2.45) is 0 Å². The van der Waals surface area contributed by atoms with Crippen molar-refractivity contribution < 1.29 is 14.7 Å². The molecule has 98 valence electrons. The molecule has 0 atom stereocenters. The Balaban J connectivity index is 0.000000191. The molecule has 0 saturated carbocycles. The number of aryl methyl sites for hydroxylation is 1. The monoisotopic (exact) mass is 256 g/mol. The van der Waals surface area contributed by atoms with E-state index in [0.29, 0.717) is 5.56 Å². The summed E-state index contributed by atoms with van der Waals surface area (Å²) in [6, 6.07) is 16.0. The highest BCUT2D eigenvalue weighted by molar-refractivity contribution is 5.93. The number of aromatic carboxylic acids is 1. The van der Waals surface area contributed by atoms with Crippen LogP contribution in [0.3, 0.4) is 0 Å². The number of benzene rings is 2. The first-order valence-corrected chi connectivity index (χ1v) is 5.86. The SMILES string of the molecule is CC(=O)c1ccccc1.Cc1cccc(C(=O)O)c1. The summed E-state index contributed by atoms with van der Waals surface area (Å²) in [5, 5.41) is 8.51. The second-order valence-electron chi connectivity index (χ2n) is 4.10. The normalized spacial score (nSPS) is 9.16. The van der Waals surface area contributed by atoms with Crippen molar-refractivity contribution >= 4 is 11.8 Å². The van der Waals surface area contributed by atoms with Gasteiger partial charge in [-0.2, -0.15) is 0 Å². The molecule has 3 heteroatoms. The summed E-state index contributed by atoms with van der Waals surface area (Å²) >= 11 is 0. The van der Waals surface area contributed by atoms with Crippen LogP contribution in [0, 0.1) is 6.92 Å². The number of ketones is 1. The van der Waals surface area contributed by atoms with Gasteiger partial charge in [-0.15, -0.1) is 0 Å². The first kappa shape index (κ1) is 14.6. The molecule has 19 heavy (non-hydrogen) atoms. The summed E-state index contributed by atoms with van der Waals surface area (Å²) in [7, 11) is 0. The van der Waals surface area contributed by atoms with Crippen molar-refractivity contribution in [2.75, 3.05) is 0 Å². The van der Waals surface area contributed by atoms with Crippen molar-refractivity contribution in [3.8, 4) is 0 Å². The van der Waals surface area contributed by atoms with Gasteiger partial charge in [-0.1, -0.05) is 48.0 Å². The number of carbonyl (C=O) groups is 2. The van der Waals surface area contributed by atoms with Gasteiger partial charge in [-0.3, -0.25) is 4.79 Å². The standard InChI is InChI=1S/C8H8O2.C8H8O/c1-6-3-2-4-7(5-6)8(9)10;1-7(9)8-5-3-2-4-6-8/h2-5H,1H3,(H,9,10);2-6H,1H3. The molecular formula is C16H16O3. The van der Waals surface area contributed by atoms with Crippen LogP contribution in [0.25, 0.3) is 0 Å². The van der Waals surface area contributed by atoms with Crippen molar-refractivity contribution in [3.63, 3.8) is 0 Å². The number of carbonyl (C=O) groups excluding carboxylic acids is 1. The van der Waals surface area contributed by atoms with Crippen LogP contribution in [-0.4, -0.2) is 16.9 Å². The Morgan fingerprint density at radius 3 is 1.84 bits per heavy atom. The largest absolute Gasteiger partial charge is 0.478 e. The molecule has 3 nitrogen and oxygen atoms in total. The number of carboxylic acid groups (broad SMARTS) is 1. The molecule has 0 spiro atoms. The minimum absolute atomic E-state index is 0.121. The van der Waals surface area contributed by atoms with E-state index in [1.165, 1.54) is 0 Å². The van der Waals surface area contributed by atoms with Gasteiger partial charge >= 0.3 is 5.97 Å². The highest BCUT2D eigenvalue weighted by Crippen LogP contribution is 2.02. The lowest BCUT2D eigenvalue weighted by atomic mass is 10.1. The minimum atomic E-state index is -0.872. The predicted octanol–water partition coefficient (Wildman–Crippen LogP) is 3.58. The van der Waals surface area contributed by atoms with Gasteiger partial charge in [0.15, 0.2) is 5.78 Å². The smallest absolute Gasteiger partial charge is 0.335 e. The zero-order chi connectivity index (χ0) is 14.3. The second kappa shape index (κ2) is 7.11. The van der Waals surface area contributed by atoms with Crippen LogP contribution >= 0.6 is 0 Å². The van der Waals surface area contributed by atoms with Gasteiger partial charge in [-0.05, 0) is 26.0 Å². The molecule has 1 N–H and O–H groups in total. The minimum Gasteiger partial charge on any atom is -0.478 e. The lowest BCUT2D eigenvalue weighted by Crippen LogP contribution is -1.95. The van der Waals surface area contributed by atoms with E-state index in [9.17, 15) is 9.59 Å². The van der Waals surface area contributed by atoms with Crippen LogP contribution in [0.5, 0.6) is 0 Å². The molecule has 0 aliphatic rings.